The lowest BCUT2D eigenvalue weighted by atomic mass is 10.1. The van der Waals surface area contributed by atoms with Crippen LogP contribution in [0.25, 0.3) is 0 Å². The van der Waals surface area contributed by atoms with Crippen LogP contribution < -0.4 is 5.32 Å². The average molecular weight is 320 g/mol. The molecule has 0 aliphatic rings. The molecule has 4 heteroatoms. The molecule has 0 amide bonds. The molecule has 3 nitrogen and oxygen atoms in total. The van der Waals surface area contributed by atoms with Crippen molar-refractivity contribution in [3.63, 3.8) is 0 Å². The molecule has 2 rings (SSSR count). The lowest BCUT2D eigenvalue weighted by Crippen LogP contribution is -2.03. The molecular weight excluding hydrogens is 306 g/mol. The Balaban J connectivity index is 1.96. The predicted molar refractivity (Wildman–Crippen MR) is 79.3 cm³/mol. The van der Waals surface area contributed by atoms with Crippen LogP contribution in [0.2, 0.25) is 0 Å². The highest BCUT2D eigenvalue weighted by atomic mass is 79.9. The molecule has 2 aromatic carbocycles. The van der Waals surface area contributed by atoms with E-state index in [1.807, 2.05) is 36.4 Å². The molecule has 0 unspecified atom stereocenters. The average Bonchev–Trinajstić information content (AvgIpc) is 2.46. The molecular formula is C15H14BrNO2. The molecule has 0 fully saturated rings. The number of nitrogens with one attached hydrogen (secondary N) is 1. The summed E-state index contributed by atoms with van der Waals surface area (Å²) in [6.45, 7) is 0.711. The Morgan fingerprint density at radius 2 is 1.74 bits per heavy atom. The van der Waals surface area contributed by atoms with Crippen molar-refractivity contribution >= 4 is 27.6 Å². The van der Waals surface area contributed by atoms with Crippen molar-refractivity contribution in [2.24, 2.45) is 0 Å². The van der Waals surface area contributed by atoms with Crippen LogP contribution in [0.4, 0.5) is 5.69 Å². The Bertz CT molecular complexity index is 549. The number of ether oxygens (including phenoxy) is 1. The zero-order chi connectivity index (χ0) is 13.7. The number of anilines is 1. The molecule has 0 radical (unpaired) electrons. The minimum absolute atomic E-state index is 0.313. The van der Waals surface area contributed by atoms with Crippen LogP contribution in [0, 0.1) is 0 Å². The molecule has 2 aromatic rings. The van der Waals surface area contributed by atoms with Gasteiger partial charge in [0.25, 0.3) is 0 Å². The van der Waals surface area contributed by atoms with Gasteiger partial charge < -0.3 is 10.1 Å². The molecule has 98 valence electrons. The number of benzene rings is 2. The predicted octanol–water partition coefficient (Wildman–Crippen LogP) is 3.85. The summed E-state index contributed by atoms with van der Waals surface area (Å²) in [4.78, 5) is 11.3. The summed E-state index contributed by atoms with van der Waals surface area (Å²) in [5.41, 5.74) is 2.73. The largest absolute Gasteiger partial charge is 0.465 e. The summed E-state index contributed by atoms with van der Waals surface area (Å²) in [5, 5.41) is 3.31. The monoisotopic (exact) mass is 319 g/mol. The van der Waals surface area contributed by atoms with Gasteiger partial charge in [-0.05, 0) is 42.0 Å². The number of carbonyl (C=O) groups excluding carboxylic acids is 1. The Labute approximate surface area is 120 Å². The van der Waals surface area contributed by atoms with Crippen LogP contribution in [0.15, 0.2) is 53.0 Å². The topological polar surface area (TPSA) is 38.3 Å². The zero-order valence-electron chi connectivity index (χ0n) is 10.5. The van der Waals surface area contributed by atoms with Crippen molar-refractivity contribution in [3.8, 4) is 0 Å². The number of esters is 1. The highest BCUT2D eigenvalue weighted by Crippen LogP contribution is 2.15. The third kappa shape index (κ3) is 3.83. The molecule has 0 saturated heterocycles. The summed E-state index contributed by atoms with van der Waals surface area (Å²) in [7, 11) is 1.38. The van der Waals surface area contributed by atoms with Crippen LogP contribution in [-0.4, -0.2) is 13.1 Å². The SMILES string of the molecule is COC(=O)c1ccc(CNc2ccc(Br)cc2)cc1. The second-order valence-corrected chi connectivity index (χ2v) is 4.96. The first-order chi connectivity index (χ1) is 9.19. The van der Waals surface area contributed by atoms with Gasteiger partial charge in [-0.3, -0.25) is 0 Å². The van der Waals surface area contributed by atoms with E-state index in [2.05, 4.69) is 26.0 Å². The number of halogens is 1. The Morgan fingerprint density at radius 3 is 2.32 bits per heavy atom. The molecule has 0 aliphatic heterocycles. The fraction of sp³-hybridized carbons (Fsp3) is 0.133. The van der Waals surface area contributed by atoms with Crippen molar-refractivity contribution in [2.75, 3.05) is 12.4 Å². The first-order valence-corrected chi connectivity index (χ1v) is 6.65. The van der Waals surface area contributed by atoms with Gasteiger partial charge in [-0.2, -0.15) is 0 Å². The Hall–Kier alpha value is -1.81. The third-order valence-electron chi connectivity index (χ3n) is 2.72. The van der Waals surface area contributed by atoms with E-state index < -0.39 is 0 Å². The first kappa shape index (κ1) is 13.6. The van der Waals surface area contributed by atoms with E-state index in [0.717, 1.165) is 15.7 Å². The Morgan fingerprint density at radius 1 is 1.11 bits per heavy atom. The number of hydrogen-bond acceptors (Lipinski definition) is 3. The maximum atomic E-state index is 11.3. The van der Waals surface area contributed by atoms with Crippen LogP contribution in [0.1, 0.15) is 15.9 Å². The van der Waals surface area contributed by atoms with Gasteiger partial charge in [-0.15, -0.1) is 0 Å². The quantitative estimate of drug-likeness (QED) is 0.870. The van der Waals surface area contributed by atoms with Crippen molar-refractivity contribution in [1.82, 2.24) is 0 Å². The second kappa shape index (κ2) is 6.38. The van der Waals surface area contributed by atoms with Gasteiger partial charge in [-0.25, -0.2) is 4.79 Å². The molecule has 0 spiro atoms. The molecule has 19 heavy (non-hydrogen) atoms. The van der Waals surface area contributed by atoms with Gasteiger partial charge in [0.1, 0.15) is 0 Å². The normalized spacial score (nSPS) is 10.0. The second-order valence-electron chi connectivity index (χ2n) is 4.05. The van der Waals surface area contributed by atoms with E-state index in [1.54, 1.807) is 12.1 Å². The fourth-order valence-electron chi connectivity index (χ4n) is 1.65. The van der Waals surface area contributed by atoms with Gasteiger partial charge in [0.2, 0.25) is 0 Å². The third-order valence-corrected chi connectivity index (χ3v) is 3.24. The van der Waals surface area contributed by atoms with E-state index in [1.165, 1.54) is 7.11 Å². The molecule has 0 aromatic heterocycles. The number of methoxy groups -OCH3 is 1. The maximum absolute atomic E-state index is 11.3. The number of hydrogen-bond donors (Lipinski definition) is 1. The minimum atomic E-state index is -0.313. The number of carbonyl (C=O) groups is 1. The highest BCUT2D eigenvalue weighted by molar-refractivity contribution is 9.10. The van der Waals surface area contributed by atoms with E-state index in [4.69, 9.17) is 0 Å². The van der Waals surface area contributed by atoms with Crippen LogP contribution in [0.5, 0.6) is 0 Å². The first-order valence-electron chi connectivity index (χ1n) is 5.86. The molecule has 0 atom stereocenters. The van der Waals surface area contributed by atoms with Gasteiger partial charge >= 0.3 is 5.97 Å². The summed E-state index contributed by atoms with van der Waals surface area (Å²) in [6, 6.07) is 15.4. The summed E-state index contributed by atoms with van der Waals surface area (Å²) in [5.74, 6) is -0.313. The molecule has 0 saturated carbocycles. The molecule has 0 bridgehead atoms. The molecule has 0 aliphatic carbocycles. The highest BCUT2D eigenvalue weighted by Gasteiger charge is 2.03. The molecule has 0 heterocycles. The summed E-state index contributed by atoms with van der Waals surface area (Å²) in [6.07, 6.45) is 0. The lowest BCUT2D eigenvalue weighted by Gasteiger charge is -2.07. The van der Waals surface area contributed by atoms with Crippen molar-refractivity contribution in [3.05, 3.63) is 64.1 Å². The lowest BCUT2D eigenvalue weighted by molar-refractivity contribution is 0.0600. The van der Waals surface area contributed by atoms with Gasteiger partial charge in [0, 0.05) is 16.7 Å². The zero-order valence-corrected chi connectivity index (χ0v) is 12.1. The van der Waals surface area contributed by atoms with Crippen LogP contribution in [-0.2, 0) is 11.3 Å². The van der Waals surface area contributed by atoms with Gasteiger partial charge in [-0.1, -0.05) is 28.1 Å². The maximum Gasteiger partial charge on any atom is 0.337 e. The van der Waals surface area contributed by atoms with E-state index in [0.29, 0.717) is 12.1 Å². The smallest absolute Gasteiger partial charge is 0.337 e. The van der Waals surface area contributed by atoms with Gasteiger partial charge in [0.05, 0.1) is 12.7 Å². The molecule has 1 N–H and O–H groups in total. The van der Waals surface area contributed by atoms with Crippen LogP contribution >= 0.6 is 15.9 Å². The van der Waals surface area contributed by atoms with E-state index in [9.17, 15) is 4.79 Å². The summed E-state index contributed by atoms with van der Waals surface area (Å²) < 4.78 is 5.71. The van der Waals surface area contributed by atoms with E-state index in [-0.39, 0.29) is 5.97 Å². The van der Waals surface area contributed by atoms with Crippen LogP contribution in [0.3, 0.4) is 0 Å². The minimum Gasteiger partial charge on any atom is -0.465 e. The fourth-order valence-corrected chi connectivity index (χ4v) is 1.91. The van der Waals surface area contributed by atoms with Crippen molar-refractivity contribution < 1.29 is 9.53 Å². The standard InChI is InChI=1S/C15H14BrNO2/c1-19-15(18)12-4-2-11(3-5-12)10-17-14-8-6-13(16)7-9-14/h2-9,17H,10H2,1H3. The van der Waals surface area contributed by atoms with Gasteiger partial charge in [0.15, 0.2) is 0 Å². The number of rotatable bonds is 4. The summed E-state index contributed by atoms with van der Waals surface area (Å²) >= 11 is 3.40. The Kier molecular flexibility index (Phi) is 4.58. The van der Waals surface area contributed by atoms with E-state index >= 15 is 0 Å². The van der Waals surface area contributed by atoms with Crippen molar-refractivity contribution in [1.29, 1.82) is 0 Å². The van der Waals surface area contributed by atoms with Crippen molar-refractivity contribution in [2.45, 2.75) is 6.54 Å².